The Labute approximate surface area is 105 Å². The van der Waals surface area contributed by atoms with Crippen molar-refractivity contribution in [2.75, 3.05) is 0 Å². The molecule has 3 aromatic rings. The fourth-order valence-electron chi connectivity index (χ4n) is 2.33. The Hall–Kier alpha value is -2.60. The van der Waals surface area contributed by atoms with Crippen LogP contribution in [0.1, 0.15) is 11.1 Å². The first-order valence-corrected chi connectivity index (χ1v) is 5.73. The summed E-state index contributed by atoms with van der Waals surface area (Å²) in [5.74, 6) is 0. The van der Waals surface area contributed by atoms with Crippen molar-refractivity contribution in [2.45, 2.75) is 6.92 Å². The van der Waals surface area contributed by atoms with E-state index in [1.54, 1.807) is 6.20 Å². The third-order valence-corrected chi connectivity index (χ3v) is 3.13. The average Bonchev–Trinajstić information content (AvgIpc) is 2.71. The minimum Gasteiger partial charge on any atom is -0.315 e. The Morgan fingerprint density at radius 3 is 2.83 bits per heavy atom. The molecule has 0 amide bonds. The molecule has 0 aliphatic carbocycles. The number of nitrogens with zero attached hydrogens (tertiary/aromatic N) is 3. The molecule has 18 heavy (non-hydrogen) atoms. The zero-order valence-electron chi connectivity index (χ0n) is 9.96. The van der Waals surface area contributed by atoms with E-state index in [9.17, 15) is 5.26 Å². The molecule has 0 aliphatic rings. The second kappa shape index (κ2) is 4.01. The largest absolute Gasteiger partial charge is 0.315 e. The molecule has 3 heteroatoms. The number of rotatable bonds is 1. The van der Waals surface area contributed by atoms with Gasteiger partial charge in [0.15, 0.2) is 0 Å². The molecule has 3 aromatic heterocycles. The molecule has 0 aromatic carbocycles. The monoisotopic (exact) mass is 233 g/mol. The first-order valence-electron chi connectivity index (χ1n) is 5.73. The summed E-state index contributed by atoms with van der Waals surface area (Å²) in [5.41, 5.74) is 4.73. The first-order chi connectivity index (χ1) is 8.83. The third kappa shape index (κ3) is 1.40. The van der Waals surface area contributed by atoms with E-state index in [1.807, 2.05) is 54.0 Å². The van der Waals surface area contributed by atoms with Gasteiger partial charge >= 0.3 is 0 Å². The summed E-state index contributed by atoms with van der Waals surface area (Å²) < 4.78 is 2.05. The minimum atomic E-state index is 0.731. The summed E-state index contributed by atoms with van der Waals surface area (Å²) in [7, 11) is 0. The van der Waals surface area contributed by atoms with Gasteiger partial charge in [-0.05, 0) is 36.8 Å². The van der Waals surface area contributed by atoms with Crippen molar-refractivity contribution < 1.29 is 0 Å². The molecule has 0 bridgehead atoms. The fourth-order valence-corrected chi connectivity index (χ4v) is 2.33. The van der Waals surface area contributed by atoms with Crippen molar-refractivity contribution in [1.82, 2.24) is 9.38 Å². The van der Waals surface area contributed by atoms with Gasteiger partial charge in [0, 0.05) is 24.2 Å². The predicted molar refractivity (Wildman–Crippen MR) is 70.1 cm³/mol. The van der Waals surface area contributed by atoms with Gasteiger partial charge in [-0.15, -0.1) is 0 Å². The smallest absolute Gasteiger partial charge is 0.102 e. The summed E-state index contributed by atoms with van der Waals surface area (Å²) in [6.45, 7) is 1.98. The summed E-state index contributed by atoms with van der Waals surface area (Å²) in [6.07, 6.45) is 5.55. The summed E-state index contributed by atoms with van der Waals surface area (Å²) in [6, 6.07) is 12.1. The Balaban J connectivity index is 2.44. The van der Waals surface area contributed by atoms with E-state index in [1.165, 1.54) is 0 Å². The maximum atomic E-state index is 9.30. The highest BCUT2D eigenvalue weighted by Gasteiger charge is 2.15. The summed E-state index contributed by atoms with van der Waals surface area (Å²) in [5, 5.41) is 9.30. The van der Waals surface area contributed by atoms with E-state index in [4.69, 9.17) is 0 Å². The van der Waals surface area contributed by atoms with E-state index in [0.29, 0.717) is 0 Å². The van der Waals surface area contributed by atoms with Crippen molar-refractivity contribution in [3.05, 3.63) is 60.0 Å². The number of aromatic nitrogens is 2. The average molecular weight is 233 g/mol. The maximum absolute atomic E-state index is 9.30. The fraction of sp³-hybridized carbons (Fsp3) is 0.0667. The maximum Gasteiger partial charge on any atom is 0.102 e. The van der Waals surface area contributed by atoms with Gasteiger partial charge in [0.1, 0.15) is 6.07 Å². The zero-order chi connectivity index (χ0) is 12.5. The molecule has 86 valence electrons. The van der Waals surface area contributed by atoms with Crippen LogP contribution in [0.25, 0.3) is 16.8 Å². The van der Waals surface area contributed by atoms with E-state index in [2.05, 4.69) is 11.1 Å². The highest BCUT2D eigenvalue weighted by atomic mass is 14.9. The van der Waals surface area contributed by atoms with Gasteiger partial charge in [-0.1, -0.05) is 6.07 Å². The molecular weight excluding hydrogens is 222 g/mol. The summed E-state index contributed by atoms with van der Waals surface area (Å²) in [4.78, 5) is 4.15. The van der Waals surface area contributed by atoms with Crippen LogP contribution in [-0.2, 0) is 0 Å². The van der Waals surface area contributed by atoms with Crippen LogP contribution in [0.2, 0.25) is 0 Å². The van der Waals surface area contributed by atoms with Gasteiger partial charge in [0.2, 0.25) is 0 Å². The van der Waals surface area contributed by atoms with Crippen molar-refractivity contribution in [3.63, 3.8) is 0 Å². The molecule has 0 unspecified atom stereocenters. The third-order valence-electron chi connectivity index (χ3n) is 3.13. The standard InChI is InChI=1S/C15H11N3/c1-11-13(9-16)14-6-2-3-8-18(14)15(11)12-5-4-7-17-10-12/h2-8,10H,1H3. The predicted octanol–water partition coefficient (Wildman–Crippen LogP) is 3.18. The van der Waals surface area contributed by atoms with Gasteiger partial charge in [0.25, 0.3) is 0 Å². The molecule has 0 atom stereocenters. The molecule has 0 radical (unpaired) electrons. The lowest BCUT2D eigenvalue weighted by Crippen LogP contribution is -1.88. The van der Waals surface area contributed by atoms with Crippen molar-refractivity contribution in [3.8, 4) is 17.3 Å². The molecule has 0 fully saturated rings. The molecule has 3 nitrogen and oxygen atoms in total. The topological polar surface area (TPSA) is 41.1 Å². The second-order valence-electron chi connectivity index (χ2n) is 4.16. The molecule has 0 saturated heterocycles. The quantitative estimate of drug-likeness (QED) is 0.647. The second-order valence-corrected chi connectivity index (χ2v) is 4.16. The lowest BCUT2D eigenvalue weighted by molar-refractivity contribution is 1.18. The van der Waals surface area contributed by atoms with Crippen LogP contribution in [0.3, 0.4) is 0 Å². The van der Waals surface area contributed by atoms with Crippen LogP contribution in [0, 0.1) is 18.3 Å². The highest BCUT2D eigenvalue weighted by Crippen LogP contribution is 2.30. The molecule has 3 rings (SSSR count). The van der Waals surface area contributed by atoms with Gasteiger partial charge in [-0.3, -0.25) is 4.98 Å². The number of hydrogen-bond acceptors (Lipinski definition) is 2. The minimum absolute atomic E-state index is 0.731. The highest BCUT2D eigenvalue weighted by molar-refractivity contribution is 5.78. The Kier molecular flexibility index (Phi) is 2.35. The van der Waals surface area contributed by atoms with Gasteiger partial charge in [-0.2, -0.15) is 5.26 Å². The van der Waals surface area contributed by atoms with E-state index < -0.39 is 0 Å². The number of nitriles is 1. The van der Waals surface area contributed by atoms with Crippen LogP contribution >= 0.6 is 0 Å². The van der Waals surface area contributed by atoms with Crippen molar-refractivity contribution >= 4 is 5.52 Å². The molecule has 3 heterocycles. The Morgan fingerprint density at radius 1 is 1.22 bits per heavy atom. The van der Waals surface area contributed by atoms with Crippen LogP contribution in [0.5, 0.6) is 0 Å². The number of pyridine rings is 2. The van der Waals surface area contributed by atoms with Crippen molar-refractivity contribution in [1.29, 1.82) is 5.26 Å². The Morgan fingerprint density at radius 2 is 2.11 bits per heavy atom. The first kappa shape index (κ1) is 10.5. The number of hydrogen-bond donors (Lipinski definition) is 0. The van der Waals surface area contributed by atoms with Crippen LogP contribution in [0.15, 0.2) is 48.9 Å². The number of fused-ring (bicyclic) bond motifs is 1. The molecule has 0 saturated carbocycles. The van der Waals surface area contributed by atoms with E-state index in [0.717, 1.165) is 27.9 Å². The Bertz CT molecular complexity index is 748. The molecular formula is C15H11N3. The lowest BCUT2D eigenvalue weighted by atomic mass is 10.1. The van der Waals surface area contributed by atoms with Gasteiger partial charge in [-0.25, -0.2) is 0 Å². The van der Waals surface area contributed by atoms with Crippen molar-refractivity contribution in [2.24, 2.45) is 0 Å². The van der Waals surface area contributed by atoms with Crippen LogP contribution < -0.4 is 0 Å². The normalized spacial score (nSPS) is 10.4. The summed E-state index contributed by atoms with van der Waals surface area (Å²) >= 11 is 0. The zero-order valence-corrected chi connectivity index (χ0v) is 9.96. The lowest BCUT2D eigenvalue weighted by Gasteiger charge is -2.03. The molecule has 0 N–H and O–H groups in total. The van der Waals surface area contributed by atoms with Gasteiger partial charge in [0.05, 0.1) is 16.8 Å². The van der Waals surface area contributed by atoms with E-state index >= 15 is 0 Å². The molecule has 0 spiro atoms. The molecule has 0 aliphatic heterocycles. The van der Waals surface area contributed by atoms with Crippen LogP contribution in [0.4, 0.5) is 0 Å². The van der Waals surface area contributed by atoms with Crippen LogP contribution in [-0.4, -0.2) is 9.38 Å². The SMILES string of the molecule is Cc1c(C#N)c2ccccn2c1-c1cccnc1. The van der Waals surface area contributed by atoms with Gasteiger partial charge < -0.3 is 4.40 Å². The van der Waals surface area contributed by atoms with E-state index in [-0.39, 0.29) is 0 Å².